The van der Waals surface area contributed by atoms with Crippen molar-refractivity contribution in [3.05, 3.63) is 34.6 Å². The van der Waals surface area contributed by atoms with Gasteiger partial charge in [0.1, 0.15) is 5.82 Å². The molecule has 2 aliphatic rings. The van der Waals surface area contributed by atoms with Crippen molar-refractivity contribution >= 4 is 11.6 Å². The summed E-state index contributed by atoms with van der Waals surface area (Å²) in [6.07, 6.45) is 6.38. The Morgan fingerprint density at radius 3 is 2.88 bits per heavy atom. The average molecular weight is 254 g/mol. The number of nitrogens with zero attached hydrogens (tertiary/aromatic N) is 1. The van der Waals surface area contributed by atoms with Gasteiger partial charge in [0.25, 0.3) is 0 Å². The third-order valence-electron chi connectivity index (χ3n) is 4.17. The van der Waals surface area contributed by atoms with Crippen LogP contribution in [0.3, 0.4) is 0 Å². The third-order valence-corrected chi connectivity index (χ3v) is 4.50. The van der Waals surface area contributed by atoms with Crippen LogP contribution >= 0.6 is 11.6 Å². The molecular formula is C14H17ClFN. The van der Waals surface area contributed by atoms with Gasteiger partial charge in [-0.25, -0.2) is 4.39 Å². The summed E-state index contributed by atoms with van der Waals surface area (Å²) in [5.74, 6) is -0.244. The first-order valence-corrected chi connectivity index (χ1v) is 6.84. The molecule has 1 aromatic rings. The van der Waals surface area contributed by atoms with Crippen molar-refractivity contribution in [1.82, 2.24) is 4.90 Å². The summed E-state index contributed by atoms with van der Waals surface area (Å²) >= 11 is 6.17. The van der Waals surface area contributed by atoms with Crippen molar-refractivity contribution in [3.8, 4) is 0 Å². The molecule has 0 N–H and O–H groups in total. The quantitative estimate of drug-likeness (QED) is 0.726. The lowest BCUT2D eigenvalue weighted by atomic mass is 10.0. The molecule has 0 unspecified atom stereocenters. The zero-order valence-electron chi connectivity index (χ0n) is 9.83. The Labute approximate surface area is 107 Å². The molecule has 2 atom stereocenters. The Hall–Kier alpha value is -0.600. The predicted octanol–water partition coefficient (Wildman–Crippen LogP) is 4.17. The van der Waals surface area contributed by atoms with Crippen LogP contribution in [0.2, 0.25) is 5.02 Å². The number of piperidine rings is 1. The summed E-state index contributed by atoms with van der Waals surface area (Å²) in [4.78, 5) is 2.57. The van der Waals surface area contributed by atoms with E-state index in [0.29, 0.717) is 11.1 Å². The number of hydrogen-bond acceptors (Lipinski definition) is 1. The third kappa shape index (κ3) is 2.09. The molecule has 1 aromatic carbocycles. The van der Waals surface area contributed by atoms with E-state index in [1.54, 1.807) is 0 Å². The monoisotopic (exact) mass is 253 g/mol. The zero-order chi connectivity index (χ0) is 11.8. The van der Waals surface area contributed by atoms with E-state index >= 15 is 0 Å². The molecule has 0 spiro atoms. The second-order valence-corrected chi connectivity index (χ2v) is 5.55. The van der Waals surface area contributed by atoms with E-state index in [2.05, 4.69) is 4.90 Å². The van der Waals surface area contributed by atoms with Crippen molar-refractivity contribution in [3.63, 3.8) is 0 Å². The Kier molecular flexibility index (Phi) is 3.10. The van der Waals surface area contributed by atoms with Gasteiger partial charge in [0.05, 0.1) is 0 Å². The van der Waals surface area contributed by atoms with Gasteiger partial charge < -0.3 is 0 Å². The molecular weight excluding hydrogens is 237 g/mol. The van der Waals surface area contributed by atoms with Crippen LogP contribution in [0, 0.1) is 5.82 Å². The van der Waals surface area contributed by atoms with Gasteiger partial charge in [-0.05, 0) is 49.9 Å². The SMILES string of the molecule is Fc1ccc([C@@H]2CC[C@@H]3CCCCN32)c(Cl)c1. The molecule has 1 nitrogen and oxygen atoms in total. The fourth-order valence-corrected chi connectivity index (χ4v) is 3.66. The van der Waals surface area contributed by atoms with Gasteiger partial charge >= 0.3 is 0 Å². The Balaban J connectivity index is 1.88. The number of fused-ring (bicyclic) bond motifs is 1. The minimum Gasteiger partial charge on any atom is -0.293 e. The Morgan fingerprint density at radius 2 is 2.06 bits per heavy atom. The van der Waals surface area contributed by atoms with Crippen molar-refractivity contribution < 1.29 is 4.39 Å². The van der Waals surface area contributed by atoms with Crippen LogP contribution in [-0.2, 0) is 0 Å². The highest BCUT2D eigenvalue weighted by atomic mass is 35.5. The first-order valence-electron chi connectivity index (χ1n) is 6.46. The molecule has 0 amide bonds. The second-order valence-electron chi connectivity index (χ2n) is 5.15. The lowest BCUT2D eigenvalue weighted by Crippen LogP contribution is -2.35. The lowest BCUT2D eigenvalue weighted by molar-refractivity contribution is 0.150. The number of benzene rings is 1. The molecule has 3 heteroatoms. The average Bonchev–Trinajstić information content (AvgIpc) is 2.73. The van der Waals surface area contributed by atoms with Gasteiger partial charge in [-0.1, -0.05) is 24.1 Å². The summed E-state index contributed by atoms with van der Waals surface area (Å²) in [5.41, 5.74) is 1.11. The standard InChI is InChI=1S/C14H17ClFN/c15-13-9-10(16)4-6-12(13)14-7-5-11-3-1-2-8-17(11)14/h4,6,9,11,14H,1-3,5,7-8H2/t11-,14-/m0/s1. The number of rotatable bonds is 1. The van der Waals surface area contributed by atoms with Crippen LogP contribution in [0.25, 0.3) is 0 Å². The van der Waals surface area contributed by atoms with Gasteiger partial charge in [0, 0.05) is 17.1 Å². The van der Waals surface area contributed by atoms with Crippen LogP contribution in [0.5, 0.6) is 0 Å². The van der Waals surface area contributed by atoms with Crippen LogP contribution < -0.4 is 0 Å². The molecule has 0 saturated carbocycles. The van der Waals surface area contributed by atoms with E-state index in [-0.39, 0.29) is 5.82 Å². The minimum atomic E-state index is -0.244. The Morgan fingerprint density at radius 1 is 1.18 bits per heavy atom. The molecule has 92 valence electrons. The molecule has 2 aliphatic heterocycles. The number of hydrogen-bond donors (Lipinski definition) is 0. The van der Waals surface area contributed by atoms with Crippen molar-refractivity contribution in [2.45, 2.75) is 44.2 Å². The fraction of sp³-hybridized carbons (Fsp3) is 0.571. The molecule has 2 saturated heterocycles. The molecule has 0 bridgehead atoms. The van der Waals surface area contributed by atoms with Crippen LogP contribution in [-0.4, -0.2) is 17.5 Å². The maximum Gasteiger partial charge on any atom is 0.124 e. The van der Waals surface area contributed by atoms with Crippen LogP contribution in [0.1, 0.15) is 43.7 Å². The topological polar surface area (TPSA) is 3.24 Å². The predicted molar refractivity (Wildman–Crippen MR) is 67.7 cm³/mol. The highest BCUT2D eigenvalue weighted by Crippen LogP contribution is 2.42. The highest BCUT2D eigenvalue weighted by molar-refractivity contribution is 6.31. The van der Waals surface area contributed by atoms with E-state index < -0.39 is 0 Å². The van der Waals surface area contributed by atoms with Crippen molar-refractivity contribution in [2.24, 2.45) is 0 Å². The van der Waals surface area contributed by atoms with Gasteiger partial charge in [0.15, 0.2) is 0 Å². The van der Waals surface area contributed by atoms with E-state index in [1.165, 1.54) is 44.4 Å². The van der Waals surface area contributed by atoms with Gasteiger partial charge in [-0.15, -0.1) is 0 Å². The summed E-state index contributed by atoms with van der Waals surface area (Å²) in [5, 5.41) is 0.584. The summed E-state index contributed by atoms with van der Waals surface area (Å²) in [7, 11) is 0. The molecule has 0 aromatic heterocycles. The highest BCUT2D eigenvalue weighted by Gasteiger charge is 2.36. The molecule has 2 heterocycles. The minimum absolute atomic E-state index is 0.244. The Bertz CT molecular complexity index is 421. The van der Waals surface area contributed by atoms with Gasteiger partial charge in [0.2, 0.25) is 0 Å². The summed E-state index contributed by atoms with van der Waals surface area (Å²) in [6.45, 7) is 1.17. The molecule has 2 fully saturated rings. The van der Waals surface area contributed by atoms with E-state index in [4.69, 9.17) is 11.6 Å². The van der Waals surface area contributed by atoms with Gasteiger partial charge in [-0.3, -0.25) is 4.90 Å². The summed E-state index contributed by atoms with van der Waals surface area (Å²) in [6, 6.07) is 5.97. The first kappa shape index (κ1) is 11.5. The normalized spacial score (nSPS) is 29.3. The van der Waals surface area contributed by atoms with Crippen molar-refractivity contribution in [2.75, 3.05) is 6.54 Å². The van der Waals surface area contributed by atoms with E-state index in [0.717, 1.165) is 18.0 Å². The largest absolute Gasteiger partial charge is 0.293 e. The van der Waals surface area contributed by atoms with Gasteiger partial charge in [-0.2, -0.15) is 0 Å². The molecule has 0 radical (unpaired) electrons. The zero-order valence-corrected chi connectivity index (χ0v) is 10.6. The van der Waals surface area contributed by atoms with Crippen molar-refractivity contribution in [1.29, 1.82) is 0 Å². The number of halogens is 2. The second kappa shape index (κ2) is 4.58. The molecule has 0 aliphatic carbocycles. The van der Waals surface area contributed by atoms with Crippen LogP contribution in [0.4, 0.5) is 4.39 Å². The maximum atomic E-state index is 13.1. The lowest BCUT2D eigenvalue weighted by Gasteiger charge is -2.34. The smallest absolute Gasteiger partial charge is 0.124 e. The first-order chi connectivity index (χ1) is 8.25. The fourth-order valence-electron chi connectivity index (χ4n) is 3.37. The summed E-state index contributed by atoms with van der Waals surface area (Å²) < 4.78 is 13.1. The molecule has 17 heavy (non-hydrogen) atoms. The van der Waals surface area contributed by atoms with E-state index in [1.807, 2.05) is 6.07 Å². The van der Waals surface area contributed by atoms with E-state index in [9.17, 15) is 4.39 Å². The maximum absolute atomic E-state index is 13.1. The van der Waals surface area contributed by atoms with Crippen LogP contribution in [0.15, 0.2) is 18.2 Å². The molecule has 3 rings (SSSR count).